The standard InChI is InChI=1S/C16H18N2O3/c1-18-9-12(8-17-18)10-21-16(19)11-20-15-6-5-13-3-2-4-14(13)7-15/h5-9H,2-4,10-11H2,1H3. The number of carbonyl (C=O) groups is 1. The van der Waals surface area contributed by atoms with Crippen molar-refractivity contribution in [3.63, 3.8) is 0 Å². The van der Waals surface area contributed by atoms with Crippen LogP contribution in [-0.4, -0.2) is 22.4 Å². The van der Waals surface area contributed by atoms with Gasteiger partial charge < -0.3 is 9.47 Å². The van der Waals surface area contributed by atoms with Crippen LogP contribution in [0.15, 0.2) is 30.6 Å². The third kappa shape index (κ3) is 3.42. The van der Waals surface area contributed by atoms with E-state index in [-0.39, 0.29) is 19.2 Å². The highest BCUT2D eigenvalue weighted by atomic mass is 16.6. The first kappa shape index (κ1) is 13.7. The Morgan fingerprint density at radius 1 is 1.33 bits per heavy atom. The van der Waals surface area contributed by atoms with Gasteiger partial charge in [0, 0.05) is 18.8 Å². The summed E-state index contributed by atoms with van der Waals surface area (Å²) in [5.41, 5.74) is 3.58. The lowest BCUT2D eigenvalue weighted by atomic mass is 10.1. The number of nitrogens with zero attached hydrogens (tertiary/aromatic N) is 2. The molecule has 0 aliphatic heterocycles. The third-order valence-electron chi connectivity index (χ3n) is 3.58. The van der Waals surface area contributed by atoms with Gasteiger partial charge in [0.25, 0.3) is 0 Å². The molecule has 0 saturated heterocycles. The van der Waals surface area contributed by atoms with E-state index in [2.05, 4.69) is 11.2 Å². The van der Waals surface area contributed by atoms with Gasteiger partial charge in [0.2, 0.25) is 0 Å². The van der Waals surface area contributed by atoms with Gasteiger partial charge in [-0.25, -0.2) is 4.79 Å². The molecule has 21 heavy (non-hydrogen) atoms. The summed E-state index contributed by atoms with van der Waals surface area (Å²) in [5, 5.41) is 4.02. The normalized spacial score (nSPS) is 13.0. The Hall–Kier alpha value is -2.30. The molecule has 0 bridgehead atoms. The van der Waals surface area contributed by atoms with Crippen molar-refractivity contribution in [2.45, 2.75) is 25.9 Å². The van der Waals surface area contributed by atoms with E-state index < -0.39 is 0 Å². The molecule has 5 heteroatoms. The van der Waals surface area contributed by atoms with Gasteiger partial charge in [-0.3, -0.25) is 4.68 Å². The van der Waals surface area contributed by atoms with Gasteiger partial charge in [0.1, 0.15) is 12.4 Å². The van der Waals surface area contributed by atoms with Gasteiger partial charge in [-0.1, -0.05) is 6.07 Å². The van der Waals surface area contributed by atoms with Crippen molar-refractivity contribution >= 4 is 5.97 Å². The van der Waals surface area contributed by atoms with Gasteiger partial charge in [0.05, 0.1) is 6.20 Å². The number of aromatic nitrogens is 2. The lowest BCUT2D eigenvalue weighted by Crippen LogP contribution is -2.14. The summed E-state index contributed by atoms with van der Waals surface area (Å²) >= 11 is 0. The Morgan fingerprint density at radius 2 is 2.19 bits per heavy atom. The SMILES string of the molecule is Cn1cc(COC(=O)COc2ccc3c(c2)CCC3)cn1. The number of benzene rings is 1. The fourth-order valence-corrected chi connectivity index (χ4v) is 2.53. The van der Waals surface area contributed by atoms with Crippen LogP contribution in [0.3, 0.4) is 0 Å². The zero-order valence-corrected chi connectivity index (χ0v) is 12.0. The topological polar surface area (TPSA) is 53.4 Å². The summed E-state index contributed by atoms with van der Waals surface area (Å²) in [7, 11) is 1.82. The Kier molecular flexibility index (Phi) is 3.90. The molecule has 1 aliphatic rings. The van der Waals surface area contributed by atoms with Gasteiger partial charge in [-0.05, 0) is 42.5 Å². The average Bonchev–Trinajstić information content (AvgIpc) is 3.10. The fraction of sp³-hybridized carbons (Fsp3) is 0.375. The van der Waals surface area contributed by atoms with Crippen molar-refractivity contribution in [3.05, 3.63) is 47.3 Å². The van der Waals surface area contributed by atoms with E-state index in [0.29, 0.717) is 0 Å². The van der Waals surface area contributed by atoms with Crippen molar-refractivity contribution in [2.75, 3.05) is 6.61 Å². The Bertz CT molecular complexity index is 649. The van der Waals surface area contributed by atoms with E-state index >= 15 is 0 Å². The van der Waals surface area contributed by atoms with Crippen LogP contribution in [0, 0.1) is 0 Å². The molecule has 0 spiro atoms. The second-order valence-corrected chi connectivity index (χ2v) is 5.26. The van der Waals surface area contributed by atoms with Crippen molar-refractivity contribution in [1.29, 1.82) is 0 Å². The summed E-state index contributed by atoms with van der Waals surface area (Å²) in [4.78, 5) is 11.7. The Morgan fingerprint density at radius 3 is 3.00 bits per heavy atom. The molecule has 0 N–H and O–H groups in total. The summed E-state index contributed by atoms with van der Waals surface area (Å²) < 4.78 is 12.3. The molecule has 1 aromatic carbocycles. The summed E-state index contributed by atoms with van der Waals surface area (Å²) in [5.74, 6) is 0.355. The molecule has 0 unspecified atom stereocenters. The smallest absolute Gasteiger partial charge is 0.344 e. The molecule has 1 aromatic heterocycles. The number of carbonyl (C=O) groups excluding carboxylic acids is 1. The molecule has 2 aromatic rings. The van der Waals surface area contributed by atoms with Crippen LogP contribution in [0.1, 0.15) is 23.1 Å². The fourth-order valence-electron chi connectivity index (χ4n) is 2.53. The molecule has 0 amide bonds. The maximum absolute atomic E-state index is 11.7. The monoisotopic (exact) mass is 286 g/mol. The highest BCUT2D eigenvalue weighted by Gasteiger charge is 2.12. The van der Waals surface area contributed by atoms with E-state index in [0.717, 1.165) is 24.2 Å². The first-order valence-electron chi connectivity index (χ1n) is 7.08. The first-order valence-corrected chi connectivity index (χ1v) is 7.08. The molecule has 1 aliphatic carbocycles. The molecule has 0 atom stereocenters. The molecule has 110 valence electrons. The minimum absolute atomic E-state index is 0.0704. The minimum Gasteiger partial charge on any atom is -0.482 e. The van der Waals surface area contributed by atoms with Crippen LogP contribution in [0.2, 0.25) is 0 Å². The Labute approximate surface area is 123 Å². The first-order chi connectivity index (χ1) is 10.2. The lowest BCUT2D eigenvalue weighted by molar-refractivity contribution is -0.147. The number of esters is 1. The number of hydrogen-bond acceptors (Lipinski definition) is 4. The zero-order chi connectivity index (χ0) is 14.7. The van der Waals surface area contributed by atoms with Crippen molar-refractivity contribution in [2.24, 2.45) is 7.05 Å². The number of ether oxygens (including phenoxy) is 2. The van der Waals surface area contributed by atoms with Crippen molar-refractivity contribution in [1.82, 2.24) is 9.78 Å². The predicted octanol–water partition coefficient (Wildman–Crippen LogP) is 2.03. The van der Waals surface area contributed by atoms with Crippen LogP contribution in [0.25, 0.3) is 0 Å². The molecule has 5 nitrogen and oxygen atoms in total. The zero-order valence-electron chi connectivity index (χ0n) is 12.0. The highest BCUT2D eigenvalue weighted by molar-refractivity contribution is 5.71. The number of rotatable bonds is 5. The van der Waals surface area contributed by atoms with Crippen LogP contribution in [0.5, 0.6) is 5.75 Å². The summed E-state index contributed by atoms with van der Waals surface area (Å²) in [6, 6.07) is 6.02. The van der Waals surface area contributed by atoms with E-state index in [1.165, 1.54) is 17.5 Å². The third-order valence-corrected chi connectivity index (χ3v) is 3.58. The van der Waals surface area contributed by atoms with Gasteiger partial charge in [0.15, 0.2) is 6.61 Å². The van der Waals surface area contributed by atoms with Crippen molar-refractivity contribution in [3.8, 4) is 5.75 Å². The van der Waals surface area contributed by atoms with Gasteiger partial charge in [-0.15, -0.1) is 0 Å². The van der Waals surface area contributed by atoms with Gasteiger partial charge >= 0.3 is 5.97 Å². The molecular weight excluding hydrogens is 268 g/mol. The molecular formula is C16H18N2O3. The van der Waals surface area contributed by atoms with E-state index in [9.17, 15) is 4.79 Å². The van der Waals surface area contributed by atoms with E-state index in [1.807, 2.05) is 25.4 Å². The van der Waals surface area contributed by atoms with Crippen LogP contribution in [-0.2, 0) is 36.0 Å². The second-order valence-electron chi connectivity index (χ2n) is 5.26. The number of fused-ring (bicyclic) bond motifs is 1. The number of hydrogen-bond donors (Lipinski definition) is 0. The second kappa shape index (κ2) is 5.99. The molecule has 0 saturated carbocycles. The van der Waals surface area contributed by atoms with Crippen molar-refractivity contribution < 1.29 is 14.3 Å². The maximum Gasteiger partial charge on any atom is 0.344 e. The highest BCUT2D eigenvalue weighted by Crippen LogP contribution is 2.25. The molecule has 0 fully saturated rings. The van der Waals surface area contributed by atoms with Crippen LogP contribution in [0.4, 0.5) is 0 Å². The minimum atomic E-state index is -0.376. The lowest BCUT2D eigenvalue weighted by Gasteiger charge is -2.08. The quantitative estimate of drug-likeness (QED) is 0.789. The number of aryl methyl sites for hydroxylation is 3. The summed E-state index contributed by atoms with van der Waals surface area (Å²) in [6.07, 6.45) is 6.93. The van der Waals surface area contributed by atoms with Crippen LogP contribution < -0.4 is 4.74 Å². The summed E-state index contributed by atoms with van der Waals surface area (Å²) in [6.45, 7) is 0.152. The molecule has 3 rings (SSSR count). The van der Waals surface area contributed by atoms with Gasteiger partial charge in [-0.2, -0.15) is 5.10 Å². The predicted molar refractivity (Wildman–Crippen MR) is 77.0 cm³/mol. The molecule has 1 heterocycles. The average molecular weight is 286 g/mol. The maximum atomic E-state index is 11.7. The largest absolute Gasteiger partial charge is 0.482 e. The molecule has 0 radical (unpaired) electrons. The van der Waals surface area contributed by atoms with Crippen LogP contribution >= 0.6 is 0 Å². The van der Waals surface area contributed by atoms with E-state index in [4.69, 9.17) is 9.47 Å². The Balaban J connectivity index is 1.47. The van der Waals surface area contributed by atoms with E-state index in [1.54, 1.807) is 10.9 Å².